The van der Waals surface area contributed by atoms with Gasteiger partial charge in [-0.25, -0.2) is 0 Å². The second-order valence-electron chi connectivity index (χ2n) is 4.64. The van der Waals surface area contributed by atoms with Crippen LogP contribution in [0.3, 0.4) is 0 Å². The summed E-state index contributed by atoms with van der Waals surface area (Å²) in [4.78, 5) is 0. The molecule has 1 aromatic heterocycles. The molecule has 0 fully saturated rings. The van der Waals surface area contributed by atoms with Crippen molar-refractivity contribution in [3.05, 3.63) is 65.6 Å². The van der Waals surface area contributed by atoms with Gasteiger partial charge in [-0.1, -0.05) is 35.9 Å². The molecule has 0 saturated carbocycles. The summed E-state index contributed by atoms with van der Waals surface area (Å²) in [5.74, 6) is 0.242. The molecular formula is C16H11ClN6. The summed E-state index contributed by atoms with van der Waals surface area (Å²) in [5.41, 5.74) is 3.15. The lowest BCUT2D eigenvalue weighted by atomic mass is 10.1. The summed E-state index contributed by atoms with van der Waals surface area (Å²) in [6.45, 7) is 0. The quantitative estimate of drug-likeness (QED) is 0.717. The van der Waals surface area contributed by atoms with Crippen LogP contribution in [0.5, 0.6) is 0 Å². The maximum absolute atomic E-state index is 9.14. The Hall–Kier alpha value is -3.17. The Bertz CT molecular complexity index is 880. The molecule has 0 saturated heterocycles. The van der Waals surface area contributed by atoms with Crippen LogP contribution >= 0.6 is 11.6 Å². The van der Waals surface area contributed by atoms with Crippen molar-refractivity contribution in [3.63, 3.8) is 0 Å². The molecule has 3 rings (SSSR count). The van der Waals surface area contributed by atoms with Crippen LogP contribution in [-0.2, 0) is 0 Å². The minimum atomic E-state index is 0.242. The lowest BCUT2D eigenvalue weighted by Gasteiger charge is -2.06. The first kappa shape index (κ1) is 14.8. The highest BCUT2D eigenvalue weighted by Crippen LogP contribution is 2.25. The van der Waals surface area contributed by atoms with E-state index < -0.39 is 0 Å². The van der Waals surface area contributed by atoms with Gasteiger partial charge in [0.05, 0.1) is 0 Å². The van der Waals surface area contributed by atoms with E-state index >= 15 is 0 Å². The third-order valence-corrected chi connectivity index (χ3v) is 3.35. The normalized spacial score (nSPS) is 11.0. The average molecular weight is 323 g/mol. The number of hydrogen-bond acceptors (Lipinski definition) is 5. The largest absolute Gasteiger partial charge is 0.360 e. The van der Waals surface area contributed by atoms with Gasteiger partial charge in [0.1, 0.15) is 11.6 Å². The van der Waals surface area contributed by atoms with Crippen molar-refractivity contribution in [1.29, 1.82) is 5.26 Å². The standard InChI is InChI=1S/C16H11ClN6/c17-14-5-1-3-11(7-14)12-4-2-6-15(8-12)19-10-13(9-18)16-20-22-23-21-16/h1-8,10,19H,(H,20,21,22,23). The Morgan fingerprint density at radius 1 is 1.17 bits per heavy atom. The van der Waals surface area contributed by atoms with E-state index in [0.717, 1.165) is 16.8 Å². The highest BCUT2D eigenvalue weighted by molar-refractivity contribution is 6.30. The fraction of sp³-hybridized carbons (Fsp3) is 0. The molecule has 112 valence electrons. The molecule has 0 unspecified atom stereocenters. The first-order chi connectivity index (χ1) is 11.3. The van der Waals surface area contributed by atoms with Crippen LogP contribution in [-0.4, -0.2) is 20.6 Å². The molecular weight excluding hydrogens is 312 g/mol. The number of tetrazole rings is 1. The number of H-pyrrole nitrogens is 1. The van der Waals surface area contributed by atoms with Gasteiger partial charge < -0.3 is 5.32 Å². The zero-order chi connectivity index (χ0) is 16.1. The van der Waals surface area contributed by atoms with Crippen LogP contribution in [0.2, 0.25) is 5.02 Å². The summed E-state index contributed by atoms with van der Waals surface area (Å²) in [6.07, 6.45) is 1.54. The topological polar surface area (TPSA) is 90.3 Å². The summed E-state index contributed by atoms with van der Waals surface area (Å²) < 4.78 is 0. The lowest BCUT2D eigenvalue weighted by molar-refractivity contribution is 0.881. The van der Waals surface area contributed by atoms with E-state index in [0.29, 0.717) is 5.02 Å². The fourth-order valence-corrected chi connectivity index (χ4v) is 2.23. The number of halogens is 1. The van der Waals surface area contributed by atoms with Gasteiger partial charge in [0, 0.05) is 16.9 Å². The van der Waals surface area contributed by atoms with Gasteiger partial charge >= 0.3 is 0 Å². The van der Waals surface area contributed by atoms with Crippen molar-refractivity contribution in [3.8, 4) is 17.2 Å². The molecule has 0 aliphatic heterocycles. The molecule has 1 heterocycles. The molecule has 0 bridgehead atoms. The Balaban J connectivity index is 1.85. The number of rotatable bonds is 4. The Morgan fingerprint density at radius 2 is 1.96 bits per heavy atom. The van der Waals surface area contributed by atoms with Gasteiger partial charge in [-0.2, -0.15) is 10.5 Å². The van der Waals surface area contributed by atoms with E-state index in [1.54, 1.807) is 6.20 Å². The molecule has 6 nitrogen and oxygen atoms in total. The first-order valence-electron chi connectivity index (χ1n) is 6.73. The van der Waals surface area contributed by atoms with Gasteiger partial charge in [-0.3, -0.25) is 0 Å². The molecule has 0 atom stereocenters. The Labute approximate surface area is 137 Å². The number of nitrogens with one attached hydrogen (secondary N) is 2. The predicted octanol–water partition coefficient (Wildman–Crippen LogP) is 3.50. The van der Waals surface area contributed by atoms with Crippen LogP contribution in [0.4, 0.5) is 5.69 Å². The number of hydrogen-bond donors (Lipinski definition) is 2. The molecule has 0 amide bonds. The summed E-state index contributed by atoms with van der Waals surface area (Å²) in [7, 11) is 0. The van der Waals surface area contributed by atoms with Crippen LogP contribution in [0.15, 0.2) is 54.7 Å². The minimum absolute atomic E-state index is 0.242. The van der Waals surface area contributed by atoms with Crippen LogP contribution in [0.25, 0.3) is 16.7 Å². The zero-order valence-electron chi connectivity index (χ0n) is 11.9. The second-order valence-corrected chi connectivity index (χ2v) is 5.08. The summed E-state index contributed by atoms with van der Waals surface area (Å²) in [5, 5.41) is 26.2. The van der Waals surface area contributed by atoms with Gasteiger partial charge in [-0.15, -0.1) is 10.2 Å². The number of nitrogens with zero attached hydrogens (tertiary/aromatic N) is 4. The number of aromatic nitrogens is 4. The number of aromatic amines is 1. The maximum atomic E-state index is 9.14. The molecule has 7 heteroatoms. The maximum Gasteiger partial charge on any atom is 0.216 e. The predicted molar refractivity (Wildman–Crippen MR) is 88.3 cm³/mol. The van der Waals surface area contributed by atoms with E-state index in [1.165, 1.54) is 0 Å². The van der Waals surface area contributed by atoms with Gasteiger partial charge in [0.2, 0.25) is 5.82 Å². The van der Waals surface area contributed by atoms with E-state index in [1.807, 2.05) is 54.6 Å². The third kappa shape index (κ3) is 3.54. The summed E-state index contributed by atoms with van der Waals surface area (Å²) in [6, 6.07) is 17.4. The van der Waals surface area contributed by atoms with Crippen molar-refractivity contribution in [2.75, 3.05) is 5.32 Å². The highest BCUT2D eigenvalue weighted by atomic mass is 35.5. The van der Waals surface area contributed by atoms with Crippen molar-refractivity contribution in [2.45, 2.75) is 0 Å². The van der Waals surface area contributed by atoms with Crippen molar-refractivity contribution in [1.82, 2.24) is 20.6 Å². The Morgan fingerprint density at radius 3 is 2.65 bits per heavy atom. The van der Waals surface area contributed by atoms with Gasteiger partial charge in [0.15, 0.2) is 0 Å². The van der Waals surface area contributed by atoms with E-state index in [2.05, 4.69) is 25.9 Å². The van der Waals surface area contributed by atoms with Crippen LogP contribution in [0.1, 0.15) is 5.82 Å². The molecule has 3 aromatic rings. The Kier molecular flexibility index (Phi) is 4.32. The monoisotopic (exact) mass is 322 g/mol. The zero-order valence-corrected chi connectivity index (χ0v) is 12.6. The SMILES string of the molecule is N#CC(=CNc1cccc(-c2cccc(Cl)c2)c1)c1nn[nH]n1. The van der Waals surface area contributed by atoms with Crippen molar-refractivity contribution in [2.24, 2.45) is 0 Å². The fourth-order valence-electron chi connectivity index (χ4n) is 2.03. The lowest BCUT2D eigenvalue weighted by Crippen LogP contribution is -1.93. The van der Waals surface area contributed by atoms with Gasteiger partial charge in [-0.05, 0) is 40.6 Å². The second kappa shape index (κ2) is 6.73. The van der Waals surface area contributed by atoms with Crippen molar-refractivity contribution < 1.29 is 0 Å². The third-order valence-electron chi connectivity index (χ3n) is 3.11. The van der Waals surface area contributed by atoms with E-state index in [9.17, 15) is 0 Å². The van der Waals surface area contributed by atoms with Crippen molar-refractivity contribution >= 4 is 22.9 Å². The molecule has 0 aliphatic rings. The number of anilines is 1. The van der Waals surface area contributed by atoms with E-state index in [-0.39, 0.29) is 11.4 Å². The molecule has 23 heavy (non-hydrogen) atoms. The average Bonchev–Trinajstić information content (AvgIpc) is 3.10. The van der Waals surface area contributed by atoms with E-state index in [4.69, 9.17) is 16.9 Å². The number of allylic oxidation sites excluding steroid dienone is 1. The molecule has 2 N–H and O–H groups in total. The summed E-state index contributed by atoms with van der Waals surface area (Å²) >= 11 is 6.03. The first-order valence-corrected chi connectivity index (χ1v) is 7.11. The number of nitriles is 1. The van der Waals surface area contributed by atoms with Gasteiger partial charge in [0.25, 0.3) is 0 Å². The van der Waals surface area contributed by atoms with Crippen LogP contribution < -0.4 is 5.32 Å². The molecule has 0 radical (unpaired) electrons. The van der Waals surface area contributed by atoms with Crippen LogP contribution in [0, 0.1) is 11.3 Å². The minimum Gasteiger partial charge on any atom is -0.360 e. The smallest absolute Gasteiger partial charge is 0.216 e. The number of benzene rings is 2. The molecule has 2 aromatic carbocycles. The highest BCUT2D eigenvalue weighted by Gasteiger charge is 2.05. The molecule has 0 spiro atoms. The molecule has 0 aliphatic carbocycles.